The van der Waals surface area contributed by atoms with Crippen molar-refractivity contribution in [1.29, 1.82) is 5.26 Å². The number of benzene rings is 1. The van der Waals surface area contributed by atoms with E-state index in [4.69, 9.17) is 5.26 Å². The van der Waals surface area contributed by atoms with Gasteiger partial charge >= 0.3 is 6.36 Å². The molecule has 0 heterocycles. The number of nitrogens with zero attached hydrogens (tertiary/aromatic N) is 2. The van der Waals surface area contributed by atoms with Crippen LogP contribution < -0.4 is 4.74 Å². The van der Waals surface area contributed by atoms with Gasteiger partial charge in [-0.15, -0.1) is 13.2 Å². The number of rotatable bonds is 5. The molecule has 10 heteroatoms. The average molecular weight is 358 g/mol. The van der Waals surface area contributed by atoms with Crippen LogP contribution in [0.15, 0.2) is 18.2 Å². The normalized spacial score (nSPS) is 12.8. The molecule has 134 valence electrons. The number of nitriles is 1. The number of Topliss-reactive ketones (excluding diaryl/α,β-unsaturated/α-hetero) is 2. The number of hydrogen-bond donors (Lipinski definition) is 0. The molecule has 1 rings (SSSR count). The monoisotopic (exact) mass is 358 g/mol. The van der Waals surface area contributed by atoms with Crippen molar-refractivity contribution < 1.29 is 32.4 Å². The molecule has 0 saturated carbocycles. The molecule has 0 N–H and O–H groups in total. The molecule has 0 aliphatic rings. The summed E-state index contributed by atoms with van der Waals surface area (Å²) in [6.45, 7) is 4.38. The Labute approximate surface area is 140 Å². The molecule has 0 aliphatic heterocycles. The van der Waals surface area contributed by atoms with Gasteiger partial charge in [-0.2, -0.15) is 5.26 Å². The van der Waals surface area contributed by atoms with E-state index < -0.39 is 51.2 Å². The minimum absolute atomic E-state index is 0.413. The Balaban J connectivity index is 3.36. The van der Waals surface area contributed by atoms with Crippen LogP contribution in [-0.2, 0) is 4.79 Å². The summed E-state index contributed by atoms with van der Waals surface area (Å²) in [6, 6.07) is 3.33. The standard InChI is InChI=1S/C15H13F3N2O5/c1-14(2,3)13(22)10(7-19)12(21)9-5-4-8(25-15(16,17)18)6-11(9)20(23)24/h4-6,10H,1-3H3. The predicted molar refractivity (Wildman–Crippen MR) is 77.7 cm³/mol. The molecule has 0 fully saturated rings. The Hall–Kier alpha value is -2.96. The van der Waals surface area contributed by atoms with Crippen LogP contribution in [0, 0.1) is 32.8 Å². The maximum absolute atomic E-state index is 12.4. The van der Waals surface area contributed by atoms with E-state index >= 15 is 0 Å². The maximum atomic E-state index is 12.4. The summed E-state index contributed by atoms with van der Waals surface area (Å²) in [7, 11) is 0. The van der Waals surface area contributed by atoms with Crippen molar-refractivity contribution in [2.24, 2.45) is 11.3 Å². The first-order chi connectivity index (χ1) is 11.3. The van der Waals surface area contributed by atoms with Crippen LogP contribution in [0.4, 0.5) is 18.9 Å². The Morgan fingerprint density at radius 3 is 2.24 bits per heavy atom. The molecule has 0 spiro atoms. The molecule has 0 bridgehead atoms. The number of nitro groups is 1. The highest BCUT2D eigenvalue weighted by atomic mass is 19.4. The van der Waals surface area contributed by atoms with Crippen LogP contribution in [0.5, 0.6) is 5.75 Å². The molecule has 0 saturated heterocycles. The first kappa shape index (κ1) is 20.1. The SMILES string of the molecule is CC(C)(C)C(=O)C(C#N)C(=O)c1ccc(OC(F)(F)F)cc1[N+](=O)[O-]. The van der Waals surface area contributed by atoms with Crippen LogP contribution in [0.3, 0.4) is 0 Å². The number of carbonyl (C=O) groups is 2. The van der Waals surface area contributed by atoms with Crippen LogP contribution >= 0.6 is 0 Å². The van der Waals surface area contributed by atoms with Crippen molar-refractivity contribution >= 4 is 17.3 Å². The molecule has 0 amide bonds. The average Bonchev–Trinajstić information content (AvgIpc) is 2.44. The van der Waals surface area contributed by atoms with Crippen molar-refractivity contribution in [1.82, 2.24) is 0 Å². The zero-order valence-electron chi connectivity index (χ0n) is 13.4. The number of halogens is 3. The summed E-state index contributed by atoms with van der Waals surface area (Å²) in [6.07, 6.45) is -5.07. The van der Waals surface area contributed by atoms with Crippen molar-refractivity contribution in [2.75, 3.05) is 0 Å². The van der Waals surface area contributed by atoms with Gasteiger partial charge < -0.3 is 4.74 Å². The summed E-state index contributed by atoms with van der Waals surface area (Å²) in [5, 5.41) is 20.2. The lowest BCUT2D eigenvalue weighted by Gasteiger charge is -2.19. The van der Waals surface area contributed by atoms with Gasteiger partial charge in [0.2, 0.25) is 0 Å². The highest BCUT2D eigenvalue weighted by molar-refractivity contribution is 6.15. The van der Waals surface area contributed by atoms with Gasteiger partial charge in [-0.25, -0.2) is 0 Å². The highest BCUT2D eigenvalue weighted by Crippen LogP contribution is 2.31. The Bertz CT molecular complexity index is 760. The summed E-state index contributed by atoms with van der Waals surface area (Å²) in [4.78, 5) is 34.5. The number of nitro benzene ring substituents is 1. The van der Waals surface area contributed by atoms with Gasteiger partial charge in [-0.05, 0) is 12.1 Å². The van der Waals surface area contributed by atoms with Gasteiger partial charge in [0.1, 0.15) is 5.75 Å². The third-order valence-electron chi connectivity index (χ3n) is 3.06. The van der Waals surface area contributed by atoms with Gasteiger partial charge in [0.15, 0.2) is 17.5 Å². The second-order valence-corrected chi connectivity index (χ2v) is 6.02. The third kappa shape index (κ3) is 5.00. The predicted octanol–water partition coefficient (Wildman–Crippen LogP) is 3.43. The van der Waals surface area contributed by atoms with E-state index in [1.165, 1.54) is 26.8 Å². The van der Waals surface area contributed by atoms with Crippen molar-refractivity contribution in [3.8, 4) is 11.8 Å². The third-order valence-corrected chi connectivity index (χ3v) is 3.06. The van der Waals surface area contributed by atoms with Crippen molar-refractivity contribution in [2.45, 2.75) is 27.1 Å². The minimum atomic E-state index is -5.07. The zero-order valence-corrected chi connectivity index (χ0v) is 13.4. The van der Waals surface area contributed by atoms with Crippen LogP contribution in [0.25, 0.3) is 0 Å². The molecule has 0 aliphatic carbocycles. The second kappa shape index (κ2) is 6.88. The van der Waals surface area contributed by atoms with Gasteiger partial charge in [0.25, 0.3) is 5.69 Å². The highest BCUT2D eigenvalue weighted by Gasteiger charge is 2.38. The first-order valence-electron chi connectivity index (χ1n) is 6.80. The van der Waals surface area contributed by atoms with E-state index in [-0.39, 0.29) is 0 Å². The summed E-state index contributed by atoms with van der Waals surface area (Å²) in [5.74, 6) is -4.63. The van der Waals surface area contributed by atoms with E-state index in [2.05, 4.69) is 4.74 Å². The largest absolute Gasteiger partial charge is 0.573 e. The van der Waals surface area contributed by atoms with Gasteiger partial charge in [-0.1, -0.05) is 20.8 Å². The fraction of sp³-hybridized carbons (Fsp3) is 0.400. The lowest BCUT2D eigenvalue weighted by molar-refractivity contribution is -0.385. The molecule has 1 unspecified atom stereocenters. The molecule has 25 heavy (non-hydrogen) atoms. The molecule has 1 atom stereocenters. The van der Waals surface area contributed by atoms with Crippen molar-refractivity contribution in [3.63, 3.8) is 0 Å². The number of hydrogen-bond acceptors (Lipinski definition) is 6. The minimum Gasteiger partial charge on any atom is -0.406 e. The lowest BCUT2D eigenvalue weighted by Crippen LogP contribution is -2.33. The number of carbonyl (C=O) groups excluding carboxylic acids is 2. The number of alkyl halides is 3. The molecule has 7 nitrogen and oxygen atoms in total. The fourth-order valence-corrected chi connectivity index (χ4v) is 1.89. The Morgan fingerprint density at radius 2 is 1.84 bits per heavy atom. The van der Waals surface area contributed by atoms with Crippen LogP contribution in [0.1, 0.15) is 31.1 Å². The summed E-state index contributed by atoms with van der Waals surface area (Å²) >= 11 is 0. The smallest absolute Gasteiger partial charge is 0.406 e. The number of ketones is 2. The van der Waals surface area contributed by atoms with E-state index in [1.807, 2.05) is 0 Å². The van der Waals surface area contributed by atoms with Crippen molar-refractivity contribution in [3.05, 3.63) is 33.9 Å². The van der Waals surface area contributed by atoms with Crippen LogP contribution in [0.2, 0.25) is 0 Å². The number of ether oxygens (including phenoxy) is 1. The summed E-state index contributed by atoms with van der Waals surface area (Å²) < 4.78 is 40.2. The van der Waals surface area contributed by atoms with E-state index in [9.17, 15) is 32.9 Å². The first-order valence-corrected chi connectivity index (χ1v) is 6.80. The second-order valence-electron chi connectivity index (χ2n) is 6.02. The molecule has 0 radical (unpaired) electrons. The van der Waals surface area contributed by atoms with Gasteiger partial charge in [0.05, 0.1) is 22.6 Å². The topological polar surface area (TPSA) is 110 Å². The Morgan fingerprint density at radius 1 is 1.28 bits per heavy atom. The molecular formula is C15H13F3N2O5. The van der Waals surface area contributed by atoms with E-state index in [0.29, 0.717) is 12.1 Å². The molecule has 0 aromatic heterocycles. The van der Waals surface area contributed by atoms with Gasteiger partial charge in [0, 0.05) is 5.41 Å². The maximum Gasteiger partial charge on any atom is 0.573 e. The van der Waals surface area contributed by atoms with E-state index in [1.54, 1.807) is 0 Å². The fourth-order valence-electron chi connectivity index (χ4n) is 1.89. The molecule has 1 aromatic rings. The molecule has 1 aromatic carbocycles. The van der Waals surface area contributed by atoms with E-state index in [0.717, 1.165) is 6.07 Å². The summed E-state index contributed by atoms with van der Waals surface area (Å²) in [5.41, 5.74) is -2.71. The van der Waals surface area contributed by atoms with Crippen LogP contribution in [-0.4, -0.2) is 22.9 Å². The molecular weight excluding hydrogens is 345 g/mol. The quantitative estimate of drug-likeness (QED) is 0.345. The zero-order chi connectivity index (χ0) is 19.6. The lowest BCUT2D eigenvalue weighted by atomic mass is 9.80. The Kier molecular flexibility index (Phi) is 5.53. The van der Waals surface area contributed by atoms with Gasteiger partial charge in [-0.3, -0.25) is 19.7 Å².